The van der Waals surface area contributed by atoms with Gasteiger partial charge in [-0.15, -0.1) is 0 Å². The lowest BCUT2D eigenvalue weighted by atomic mass is 10.2. The van der Waals surface area contributed by atoms with Gasteiger partial charge in [0, 0.05) is 21.9 Å². The van der Waals surface area contributed by atoms with E-state index in [1.54, 1.807) is 0 Å². The van der Waals surface area contributed by atoms with E-state index in [0.29, 0.717) is 6.42 Å². The van der Waals surface area contributed by atoms with Crippen molar-refractivity contribution in [2.75, 3.05) is 10.6 Å². The van der Waals surface area contributed by atoms with Crippen LogP contribution in [0.5, 0.6) is 0 Å². The number of rotatable bonds is 6. The molecule has 0 radical (unpaired) electrons. The summed E-state index contributed by atoms with van der Waals surface area (Å²) < 4.78 is 1.02. The van der Waals surface area contributed by atoms with E-state index in [1.807, 2.05) is 24.3 Å². The molecule has 0 unspecified atom stereocenters. The van der Waals surface area contributed by atoms with Crippen LogP contribution in [0.1, 0.15) is 25.7 Å². The molecule has 0 spiro atoms. The third-order valence-electron chi connectivity index (χ3n) is 2.17. The van der Waals surface area contributed by atoms with E-state index in [0.717, 1.165) is 34.8 Å². The van der Waals surface area contributed by atoms with Crippen molar-refractivity contribution in [2.24, 2.45) is 0 Å². The van der Waals surface area contributed by atoms with E-state index in [9.17, 15) is 4.79 Å². The van der Waals surface area contributed by atoms with Crippen molar-refractivity contribution in [2.45, 2.75) is 25.7 Å². The highest BCUT2D eigenvalue weighted by Crippen LogP contribution is 2.14. The maximum Gasteiger partial charge on any atom is 0.224 e. The van der Waals surface area contributed by atoms with Crippen LogP contribution in [0.25, 0.3) is 0 Å². The average Bonchev–Trinajstić information content (AvgIpc) is 2.28. The van der Waals surface area contributed by atoms with Gasteiger partial charge in [0.1, 0.15) is 0 Å². The monoisotopic (exact) mass is 347 g/mol. The zero-order chi connectivity index (χ0) is 11.8. The Morgan fingerprint density at radius 2 is 1.81 bits per heavy atom. The van der Waals surface area contributed by atoms with Gasteiger partial charge in [-0.2, -0.15) is 0 Å². The van der Waals surface area contributed by atoms with Crippen LogP contribution in [0, 0.1) is 0 Å². The number of alkyl halides is 1. The molecule has 0 aromatic heterocycles. The third-order valence-corrected chi connectivity index (χ3v) is 3.25. The summed E-state index contributed by atoms with van der Waals surface area (Å²) in [6.07, 6.45) is 3.78. The van der Waals surface area contributed by atoms with Crippen LogP contribution < -0.4 is 5.32 Å². The molecule has 0 aliphatic rings. The zero-order valence-electron chi connectivity index (χ0n) is 9.01. The first kappa shape index (κ1) is 13.7. The number of carbonyl (C=O) groups excluding carboxylic acids is 1. The van der Waals surface area contributed by atoms with Gasteiger partial charge in [-0.05, 0) is 37.1 Å². The number of halogens is 2. The van der Waals surface area contributed by atoms with Crippen molar-refractivity contribution in [1.29, 1.82) is 0 Å². The van der Waals surface area contributed by atoms with Crippen molar-refractivity contribution in [3.63, 3.8) is 0 Å². The van der Waals surface area contributed by atoms with Gasteiger partial charge in [-0.25, -0.2) is 0 Å². The van der Waals surface area contributed by atoms with Crippen LogP contribution in [-0.4, -0.2) is 11.2 Å². The Morgan fingerprint density at radius 3 is 2.44 bits per heavy atom. The fourth-order valence-electron chi connectivity index (χ4n) is 1.31. The molecule has 0 saturated heterocycles. The summed E-state index contributed by atoms with van der Waals surface area (Å²) in [6, 6.07) is 7.61. The van der Waals surface area contributed by atoms with Gasteiger partial charge in [-0.1, -0.05) is 38.3 Å². The third kappa shape index (κ3) is 5.66. The summed E-state index contributed by atoms with van der Waals surface area (Å²) in [7, 11) is 0. The topological polar surface area (TPSA) is 29.1 Å². The number of hydrogen-bond acceptors (Lipinski definition) is 1. The summed E-state index contributed by atoms with van der Waals surface area (Å²) in [6.45, 7) is 0. The quantitative estimate of drug-likeness (QED) is 0.601. The molecule has 0 atom stereocenters. The van der Waals surface area contributed by atoms with Gasteiger partial charge >= 0.3 is 0 Å². The standard InChI is InChI=1S/C12H15Br2NO/c13-9-3-1-2-4-12(16)15-11-7-5-10(14)6-8-11/h5-8H,1-4,9H2,(H,15,16). The zero-order valence-corrected chi connectivity index (χ0v) is 12.2. The average molecular weight is 349 g/mol. The number of anilines is 1. The predicted molar refractivity (Wildman–Crippen MR) is 75.0 cm³/mol. The predicted octanol–water partition coefficient (Wildman–Crippen LogP) is 4.34. The largest absolute Gasteiger partial charge is 0.326 e. The molecule has 2 nitrogen and oxygen atoms in total. The molecular formula is C12H15Br2NO. The number of nitrogens with one attached hydrogen (secondary N) is 1. The first-order chi connectivity index (χ1) is 7.72. The van der Waals surface area contributed by atoms with Crippen LogP contribution in [0.3, 0.4) is 0 Å². The van der Waals surface area contributed by atoms with E-state index >= 15 is 0 Å². The van der Waals surface area contributed by atoms with Gasteiger partial charge in [0.2, 0.25) is 5.91 Å². The summed E-state index contributed by atoms with van der Waals surface area (Å²) in [5.41, 5.74) is 0.855. The van der Waals surface area contributed by atoms with E-state index in [4.69, 9.17) is 0 Å². The Bertz CT molecular complexity index is 324. The minimum Gasteiger partial charge on any atom is -0.326 e. The number of carbonyl (C=O) groups is 1. The van der Waals surface area contributed by atoms with Crippen LogP contribution in [0.15, 0.2) is 28.7 Å². The molecule has 1 amide bonds. The van der Waals surface area contributed by atoms with Gasteiger partial charge in [0.05, 0.1) is 0 Å². The van der Waals surface area contributed by atoms with Gasteiger partial charge in [0.15, 0.2) is 0 Å². The number of amides is 1. The molecular weight excluding hydrogens is 334 g/mol. The SMILES string of the molecule is O=C(CCCCCBr)Nc1ccc(Br)cc1. The first-order valence-electron chi connectivity index (χ1n) is 5.34. The summed E-state index contributed by atoms with van der Waals surface area (Å²) in [5.74, 6) is 0.0943. The molecule has 0 heterocycles. The molecule has 1 aromatic carbocycles. The first-order valence-corrected chi connectivity index (χ1v) is 7.25. The minimum absolute atomic E-state index is 0.0943. The maximum atomic E-state index is 11.5. The van der Waals surface area contributed by atoms with Crippen LogP contribution >= 0.6 is 31.9 Å². The van der Waals surface area contributed by atoms with E-state index in [1.165, 1.54) is 0 Å². The lowest BCUT2D eigenvalue weighted by molar-refractivity contribution is -0.116. The Kier molecular flexibility index (Phi) is 6.73. The second-order valence-corrected chi connectivity index (χ2v) is 5.26. The fourth-order valence-corrected chi connectivity index (χ4v) is 1.97. The summed E-state index contributed by atoms with van der Waals surface area (Å²) in [4.78, 5) is 11.5. The highest BCUT2D eigenvalue weighted by atomic mass is 79.9. The van der Waals surface area contributed by atoms with Crippen LogP contribution in [-0.2, 0) is 4.79 Å². The molecule has 1 rings (SSSR count). The normalized spacial score (nSPS) is 10.1. The van der Waals surface area contributed by atoms with Crippen molar-refractivity contribution >= 4 is 43.5 Å². The Hall–Kier alpha value is -0.350. The molecule has 4 heteroatoms. The molecule has 88 valence electrons. The van der Waals surface area contributed by atoms with Crippen LogP contribution in [0.2, 0.25) is 0 Å². The Labute approximate surface area is 113 Å². The lowest BCUT2D eigenvalue weighted by Crippen LogP contribution is -2.10. The smallest absolute Gasteiger partial charge is 0.224 e. The van der Waals surface area contributed by atoms with E-state index < -0.39 is 0 Å². The van der Waals surface area contributed by atoms with Crippen molar-refractivity contribution in [3.05, 3.63) is 28.7 Å². The van der Waals surface area contributed by atoms with Gasteiger partial charge < -0.3 is 5.32 Å². The molecule has 0 saturated carbocycles. The lowest BCUT2D eigenvalue weighted by Gasteiger charge is -2.04. The molecule has 0 aliphatic heterocycles. The number of unbranched alkanes of at least 4 members (excludes halogenated alkanes) is 2. The maximum absolute atomic E-state index is 11.5. The van der Waals surface area contributed by atoms with Crippen LogP contribution in [0.4, 0.5) is 5.69 Å². The second kappa shape index (κ2) is 7.85. The van der Waals surface area contributed by atoms with Crippen molar-refractivity contribution in [1.82, 2.24) is 0 Å². The van der Waals surface area contributed by atoms with E-state index in [2.05, 4.69) is 37.2 Å². The fraction of sp³-hybridized carbons (Fsp3) is 0.417. The number of hydrogen-bond donors (Lipinski definition) is 1. The Morgan fingerprint density at radius 1 is 1.12 bits per heavy atom. The highest BCUT2D eigenvalue weighted by molar-refractivity contribution is 9.10. The van der Waals surface area contributed by atoms with Crippen molar-refractivity contribution in [3.8, 4) is 0 Å². The molecule has 1 aromatic rings. The van der Waals surface area contributed by atoms with Gasteiger partial charge in [-0.3, -0.25) is 4.79 Å². The highest BCUT2D eigenvalue weighted by Gasteiger charge is 2.01. The second-order valence-electron chi connectivity index (χ2n) is 3.55. The molecule has 0 bridgehead atoms. The van der Waals surface area contributed by atoms with Gasteiger partial charge in [0.25, 0.3) is 0 Å². The molecule has 16 heavy (non-hydrogen) atoms. The van der Waals surface area contributed by atoms with Crippen molar-refractivity contribution < 1.29 is 4.79 Å². The molecule has 0 aliphatic carbocycles. The van der Waals surface area contributed by atoms with E-state index in [-0.39, 0.29) is 5.91 Å². The Balaban J connectivity index is 2.26. The minimum atomic E-state index is 0.0943. The number of benzene rings is 1. The molecule has 0 fully saturated rings. The summed E-state index contributed by atoms with van der Waals surface area (Å²) >= 11 is 6.73. The molecule has 1 N–H and O–H groups in total. The summed E-state index contributed by atoms with van der Waals surface area (Å²) in [5, 5.41) is 3.89.